The summed E-state index contributed by atoms with van der Waals surface area (Å²) in [6, 6.07) is 19.0. The van der Waals surface area contributed by atoms with Gasteiger partial charge in [-0.2, -0.15) is 0 Å². The minimum atomic E-state index is -0.625. The van der Waals surface area contributed by atoms with Crippen molar-refractivity contribution in [2.24, 2.45) is 0 Å². The fourth-order valence-electron chi connectivity index (χ4n) is 3.51. The van der Waals surface area contributed by atoms with Gasteiger partial charge >= 0.3 is 0 Å². The molecule has 4 aromatic rings. The van der Waals surface area contributed by atoms with E-state index in [0.717, 1.165) is 22.9 Å². The smallest absolute Gasteiger partial charge is 0.266 e. The molecule has 0 aliphatic carbocycles. The Morgan fingerprint density at radius 3 is 2.41 bits per heavy atom. The molecule has 1 heterocycles. The van der Waals surface area contributed by atoms with Gasteiger partial charge in [0.2, 0.25) is 5.91 Å². The van der Waals surface area contributed by atoms with E-state index in [1.165, 1.54) is 12.1 Å². The average Bonchev–Trinajstić information content (AvgIpc) is 2.74. The molecule has 0 fully saturated rings. The molecule has 1 unspecified atom stereocenters. The number of carbonyl (C=O) groups is 1. The summed E-state index contributed by atoms with van der Waals surface area (Å²) >= 11 is 1.16. The maximum atomic E-state index is 13.9. The maximum Gasteiger partial charge on any atom is 0.266 e. The van der Waals surface area contributed by atoms with Crippen LogP contribution in [0.1, 0.15) is 18.1 Å². The van der Waals surface area contributed by atoms with Crippen LogP contribution in [-0.2, 0) is 4.79 Å². The van der Waals surface area contributed by atoms with E-state index >= 15 is 0 Å². The number of nitrogens with zero attached hydrogens (tertiary/aromatic N) is 2. The molecule has 7 heteroatoms. The van der Waals surface area contributed by atoms with Crippen molar-refractivity contribution in [1.29, 1.82) is 0 Å². The highest BCUT2D eigenvalue weighted by Crippen LogP contribution is 2.27. The molecule has 1 atom stereocenters. The van der Waals surface area contributed by atoms with Crippen molar-refractivity contribution >= 4 is 34.3 Å². The summed E-state index contributed by atoms with van der Waals surface area (Å²) in [5.41, 5.74) is 3.19. The number of para-hydroxylation sites is 2. The number of thioether (sulfide) groups is 1. The molecule has 3 aromatic carbocycles. The Morgan fingerprint density at radius 1 is 1.03 bits per heavy atom. The molecule has 5 nitrogen and oxygen atoms in total. The van der Waals surface area contributed by atoms with Gasteiger partial charge in [0, 0.05) is 0 Å². The summed E-state index contributed by atoms with van der Waals surface area (Å²) in [5.74, 6) is -0.886. The standard InChI is InChI=1S/C25H22FN3O2S/c1-15-12-16(2)14-18(13-15)29-24(31)19-8-4-6-10-21(19)28-25(29)32-17(3)23(30)27-22-11-7-5-9-20(22)26/h4-14,17H,1-3H3,(H,27,30). The van der Waals surface area contributed by atoms with E-state index in [-0.39, 0.29) is 17.2 Å². The number of carbonyl (C=O) groups excluding carboxylic acids is 1. The first-order valence-electron chi connectivity index (χ1n) is 10.2. The Kier molecular flexibility index (Phi) is 6.10. The van der Waals surface area contributed by atoms with E-state index < -0.39 is 11.1 Å². The van der Waals surface area contributed by atoms with Crippen molar-refractivity contribution < 1.29 is 9.18 Å². The van der Waals surface area contributed by atoms with Gasteiger partial charge in [-0.25, -0.2) is 9.37 Å². The molecule has 0 saturated heterocycles. The number of hydrogen-bond donors (Lipinski definition) is 1. The van der Waals surface area contributed by atoms with Crippen LogP contribution in [0.15, 0.2) is 76.7 Å². The van der Waals surface area contributed by atoms with E-state index in [4.69, 9.17) is 4.98 Å². The molecular formula is C25H22FN3O2S. The summed E-state index contributed by atoms with van der Waals surface area (Å²) in [6.45, 7) is 5.63. The van der Waals surface area contributed by atoms with Crippen molar-refractivity contribution in [1.82, 2.24) is 9.55 Å². The summed E-state index contributed by atoms with van der Waals surface area (Å²) in [7, 11) is 0. The average molecular weight is 448 g/mol. The molecule has 0 saturated carbocycles. The highest BCUT2D eigenvalue weighted by Gasteiger charge is 2.21. The fraction of sp³-hybridized carbons (Fsp3) is 0.160. The predicted molar refractivity (Wildman–Crippen MR) is 127 cm³/mol. The molecule has 162 valence electrons. The number of nitrogens with one attached hydrogen (secondary N) is 1. The normalized spacial score (nSPS) is 12.0. The molecule has 1 aromatic heterocycles. The predicted octanol–water partition coefficient (Wildman–Crippen LogP) is 5.26. The number of benzene rings is 3. The van der Waals surface area contributed by atoms with Crippen LogP contribution >= 0.6 is 11.8 Å². The molecule has 1 N–H and O–H groups in total. The molecule has 32 heavy (non-hydrogen) atoms. The highest BCUT2D eigenvalue weighted by atomic mass is 32.2. The Morgan fingerprint density at radius 2 is 1.69 bits per heavy atom. The second kappa shape index (κ2) is 8.96. The van der Waals surface area contributed by atoms with Crippen LogP contribution < -0.4 is 10.9 Å². The van der Waals surface area contributed by atoms with Crippen molar-refractivity contribution in [3.63, 3.8) is 0 Å². The van der Waals surface area contributed by atoms with Gasteiger partial charge in [0.15, 0.2) is 5.16 Å². The zero-order valence-corrected chi connectivity index (χ0v) is 18.7. The second-order valence-electron chi connectivity index (χ2n) is 7.63. The molecule has 1 amide bonds. The zero-order chi connectivity index (χ0) is 22.8. The van der Waals surface area contributed by atoms with Gasteiger partial charge in [-0.05, 0) is 68.3 Å². The van der Waals surface area contributed by atoms with E-state index in [1.807, 2.05) is 38.1 Å². The van der Waals surface area contributed by atoms with Crippen molar-refractivity contribution in [3.8, 4) is 5.69 Å². The summed E-state index contributed by atoms with van der Waals surface area (Å²) in [4.78, 5) is 30.9. The molecule has 0 bridgehead atoms. The monoisotopic (exact) mass is 447 g/mol. The third kappa shape index (κ3) is 4.43. The highest BCUT2D eigenvalue weighted by molar-refractivity contribution is 8.00. The molecular weight excluding hydrogens is 425 g/mol. The lowest BCUT2D eigenvalue weighted by Crippen LogP contribution is -2.26. The third-order valence-corrected chi connectivity index (χ3v) is 6.05. The topological polar surface area (TPSA) is 64.0 Å². The lowest BCUT2D eigenvalue weighted by molar-refractivity contribution is -0.115. The second-order valence-corrected chi connectivity index (χ2v) is 8.94. The van der Waals surface area contributed by atoms with Crippen LogP contribution in [0.3, 0.4) is 0 Å². The van der Waals surface area contributed by atoms with Gasteiger partial charge in [-0.1, -0.05) is 42.1 Å². The Labute approximate surface area is 189 Å². The first-order chi connectivity index (χ1) is 15.3. The van der Waals surface area contributed by atoms with Crippen molar-refractivity contribution in [2.45, 2.75) is 31.2 Å². The van der Waals surface area contributed by atoms with Gasteiger partial charge in [0.05, 0.1) is 27.5 Å². The quantitative estimate of drug-likeness (QED) is 0.335. The number of halogens is 1. The number of fused-ring (bicyclic) bond motifs is 1. The Bertz CT molecular complexity index is 1360. The molecule has 0 aliphatic heterocycles. The number of amides is 1. The van der Waals surface area contributed by atoms with Gasteiger partial charge in [0.25, 0.3) is 5.56 Å². The number of anilines is 1. The van der Waals surface area contributed by atoms with E-state index in [9.17, 15) is 14.0 Å². The maximum absolute atomic E-state index is 13.9. The van der Waals surface area contributed by atoms with Crippen LogP contribution in [0.2, 0.25) is 0 Å². The summed E-state index contributed by atoms with van der Waals surface area (Å²) < 4.78 is 15.5. The third-order valence-electron chi connectivity index (χ3n) is 4.99. The first-order valence-corrected chi connectivity index (χ1v) is 11.0. The van der Waals surface area contributed by atoms with Crippen LogP contribution in [0, 0.1) is 19.7 Å². The van der Waals surface area contributed by atoms with Crippen LogP contribution in [0.4, 0.5) is 10.1 Å². The van der Waals surface area contributed by atoms with E-state index in [0.29, 0.717) is 21.7 Å². The fourth-order valence-corrected chi connectivity index (χ4v) is 4.43. The SMILES string of the molecule is Cc1cc(C)cc(-n2c(SC(C)C(=O)Nc3ccccc3F)nc3ccccc3c2=O)c1. The molecule has 0 aliphatic rings. The number of hydrogen-bond acceptors (Lipinski definition) is 4. The van der Waals surface area contributed by atoms with Gasteiger partial charge in [-0.3, -0.25) is 14.2 Å². The number of aryl methyl sites for hydroxylation is 2. The minimum Gasteiger partial charge on any atom is -0.323 e. The first kappa shape index (κ1) is 21.8. The lowest BCUT2D eigenvalue weighted by atomic mass is 10.1. The van der Waals surface area contributed by atoms with Crippen LogP contribution in [0.5, 0.6) is 0 Å². The van der Waals surface area contributed by atoms with E-state index in [1.54, 1.807) is 41.8 Å². The van der Waals surface area contributed by atoms with Crippen molar-refractivity contribution in [2.75, 3.05) is 5.32 Å². The number of aromatic nitrogens is 2. The van der Waals surface area contributed by atoms with Gasteiger partial charge in [-0.15, -0.1) is 0 Å². The zero-order valence-electron chi connectivity index (χ0n) is 17.9. The summed E-state index contributed by atoms with van der Waals surface area (Å²) in [6.07, 6.45) is 0. The van der Waals surface area contributed by atoms with Crippen LogP contribution in [0.25, 0.3) is 16.6 Å². The lowest BCUT2D eigenvalue weighted by Gasteiger charge is -2.17. The van der Waals surface area contributed by atoms with Gasteiger partial charge in [0.1, 0.15) is 5.82 Å². The Balaban J connectivity index is 1.76. The van der Waals surface area contributed by atoms with Crippen LogP contribution in [-0.4, -0.2) is 20.7 Å². The molecule has 0 radical (unpaired) electrons. The molecule has 0 spiro atoms. The van der Waals surface area contributed by atoms with Crippen molar-refractivity contribution in [3.05, 3.63) is 94.0 Å². The Hall–Kier alpha value is -3.45. The van der Waals surface area contributed by atoms with E-state index in [2.05, 4.69) is 5.32 Å². The minimum absolute atomic E-state index is 0.114. The summed E-state index contributed by atoms with van der Waals surface area (Å²) in [5, 5.41) is 2.88. The van der Waals surface area contributed by atoms with Gasteiger partial charge < -0.3 is 5.32 Å². The largest absolute Gasteiger partial charge is 0.323 e. The number of rotatable bonds is 5. The molecule has 4 rings (SSSR count).